The van der Waals surface area contributed by atoms with Crippen molar-refractivity contribution in [3.05, 3.63) is 52.5 Å². The monoisotopic (exact) mass is 289 g/mol. The molecule has 0 fully saturated rings. The lowest BCUT2D eigenvalue weighted by Gasteiger charge is -2.09. The quantitative estimate of drug-likeness (QED) is 0.481. The number of allylic oxidation sites excluding steroid dienone is 1. The van der Waals surface area contributed by atoms with Crippen LogP contribution in [0.3, 0.4) is 0 Å². The summed E-state index contributed by atoms with van der Waals surface area (Å²) in [7, 11) is 1.59. The van der Waals surface area contributed by atoms with Gasteiger partial charge < -0.3 is 9.47 Å². The second kappa shape index (κ2) is 6.34. The highest BCUT2D eigenvalue weighted by molar-refractivity contribution is 7.09. The summed E-state index contributed by atoms with van der Waals surface area (Å²) in [6.07, 6.45) is 2.34. The molecule has 0 aliphatic rings. The highest BCUT2D eigenvalue weighted by Gasteiger charge is 2.14. The third kappa shape index (κ3) is 3.24. The smallest absolute Gasteiger partial charge is 0.363 e. The molecule has 0 spiro atoms. The number of methoxy groups -OCH3 is 1. The van der Waals surface area contributed by atoms with Gasteiger partial charge in [0.15, 0.2) is 5.69 Å². The van der Waals surface area contributed by atoms with Crippen LogP contribution in [0.2, 0.25) is 0 Å². The number of rotatable bonds is 5. The van der Waals surface area contributed by atoms with Crippen LogP contribution in [0.25, 0.3) is 0 Å². The number of esters is 1. The minimum Gasteiger partial charge on any atom is -0.497 e. The molecule has 0 aliphatic carbocycles. The Hall–Kier alpha value is -2.14. The molecular formula is C15H15NO3S. The van der Waals surface area contributed by atoms with Crippen molar-refractivity contribution in [2.75, 3.05) is 7.11 Å². The van der Waals surface area contributed by atoms with Gasteiger partial charge >= 0.3 is 5.97 Å². The molecule has 0 amide bonds. The molecule has 0 saturated carbocycles. The molecule has 4 nitrogen and oxygen atoms in total. The fourth-order valence-corrected chi connectivity index (χ4v) is 2.29. The average Bonchev–Trinajstić information content (AvgIpc) is 2.87. The molecule has 0 unspecified atom stereocenters. The van der Waals surface area contributed by atoms with Crippen molar-refractivity contribution < 1.29 is 14.3 Å². The highest BCUT2D eigenvalue weighted by Crippen LogP contribution is 2.26. The van der Waals surface area contributed by atoms with Crippen LogP contribution < -0.4 is 9.47 Å². The zero-order chi connectivity index (χ0) is 14.5. The second-order valence-corrected chi connectivity index (χ2v) is 5.17. The SMILES string of the molecule is C=CCc1cc(OC)ccc1OC(=O)c1csc(C)n1. The van der Waals surface area contributed by atoms with Crippen LogP contribution in [0, 0.1) is 6.92 Å². The Morgan fingerprint density at radius 3 is 2.90 bits per heavy atom. The van der Waals surface area contributed by atoms with Crippen LogP contribution in [0.1, 0.15) is 21.1 Å². The van der Waals surface area contributed by atoms with E-state index in [0.29, 0.717) is 23.6 Å². The molecule has 2 rings (SSSR count). The number of thiazole rings is 1. The Balaban J connectivity index is 2.23. The Bertz CT molecular complexity index is 634. The van der Waals surface area contributed by atoms with Crippen LogP contribution in [0.15, 0.2) is 36.2 Å². The first kappa shape index (κ1) is 14.3. The standard InChI is InChI=1S/C15H15NO3S/c1-4-5-11-8-12(18-3)6-7-14(11)19-15(17)13-9-20-10(2)16-13/h4,6-9H,1,5H2,2-3H3. The van der Waals surface area contributed by atoms with Crippen molar-refractivity contribution in [1.29, 1.82) is 0 Å². The summed E-state index contributed by atoms with van der Waals surface area (Å²) in [5.41, 5.74) is 1.17. The molecule has 20 heavy (non-hydrogen) atoms. The summed E-state index contributed by atoms with van der Waals surface area (Å²) in [5.74, 6) is 0.761. The summed E-state index contributed by atoms with van der Waals surface area (Å²) in [4.78, 5) is 16.1. The van der Waals surface area contributed by atoms with E-state index in [1.165, 1.54) is 11.3 Å². The first-order valence-corrected chi connectivity index (χ1v) is 6.94. The summed E-state index contributed by atoms with van der Waals surface area (Å²) < 4.78 is 10.6. The van der Waals surface area contributed by atoms with Gasteiger partial charge in [0.25, 0.3) is 0 Å². The van der Waals surface area contributed by atoms with Gasteiger partial charge in [0.05, 0.1) is 12.1 Å². The normalized spacial score (nSPS) is 10.1. The van der Waals surface area contributed by atoms with E-state index in [0.717, 1.165) is 10.6 Å². The first-order valence-electron chi connectivity index (χ1n) is 6.06. The van der Waals surface area contributed by atoms with E-state index in [1.807, 2.05) is 13.0 Å². The van der Waals surface area contributed by atoms with Crippen LogP contribution in [-0.2, 0) is 6.42 Å². The Morgan fingerprint density at radius 1 is 1.50 bits per heavy atom. The van der Waals surface area contributed by atoms with Crippen LogP contribution in [0.5, 0.6) is 11.5 Å². The van der Waals surface area contributed by atoms with Gasteiger partial charge in [-0.05, 0) is 31.5 Å². The van der Waals surface area contributed by atoms with Crippen molar-refractivity contribution in [3.8, 4) is 11.5 Å². The molecule has 0 bridgehead atoms. The van der Waals surface area contributed by atoms with Crippen molar-refractivity contribution in [2.45, 2.75) is 13.3 Å². The zero-order valence-corrected chi connectivity index (χ0v) is 12.2. The van der Waals surface area contributed by atoms with Gasteiger partial charge in [0.1, 0.15) is 11.5 Å². The molecule has 1 heterocycles. The van der Waals surface area contributed by atoms with Gasteiger partial charge in [-0.25, -0.2) is 9.78 Å². The summed E-state index contributed by atoms with van der Waals surface area (Å²) in [5, 5.41) is 2.52. The van der Waals surface area contributed by atoms with E-state index in [2.05, 4.69) is 11.6 Å². The Labute approximate surface area is 121 Å². The number of carbonyl (C=O) groups excluding carboxylic acids is 1. The molecule has 104 valence electrons. The highest BCUT2D eigenvalue weighted by atomic mass is 32.1. The van der Waals surface area contributed by atoms with Gasteiger partial charge in [0, 0.05) is 10.9 Å². The summed E-state index contributed by atoms with van der Waals surface area (Å²) >= 11 is 1.42. The lowest BCUT2D eigenvalue weighted by Crippen LogP contribution is -2.10. The topological polar surface area (TPSA) is 48.4 Å². The molecule has 0 atom stereocenters. The number of aryl methyl sites for hydroxylation is 1. The van der Waals surface area contributed by atoms with Gasteiger partial charge in [0.2, 0.25) is 0 Å². The van der Waals surface area contributed by atoms with Crippen LogP contribution in [-0.4, -0.2) is 18.1 Å². The first-order chi connectivity index (χ1) is 9.63. The molecular weight excluding hydrogens is 274 g/mol. The predicted molar refractivity (Wildman–Crippen MR) is 78.7 cm³/mol. The second-order valence-electron chi connectivity index (χ2n) is 4.11. The van der Waals surface area contributed by atoms with Crippen molar-refractivity contribution >= 4 is 17.3 Å². The number of nitrogens with zero attached hydrogens (tertiary/aromatic N) is 1. The van der Waals surface area contributed by atoms with Gasteiger partial charge in [-0.15, -0.1) is 17.9 Å². The number of benzene rings is 1. The number of aromatic nitrogens is 1. The number of carbonyl (C=O) groups is 1. The number of ether oxygens (including phenoxy) is 2. The fourth-order valence-electron chi connectivity index (χ4n) is 1.71. The van der Waals surface area contributed by atoms with E-state index < -0.39 is 5.97 Å². The Kier molecular flexibility index (Phi) is 4.53. The van der Waals surface area contributed by atoms with Crippen LogP contribution in [0.4, 0.5) is 0 Å². The maximum Gasteiger partial charge on any atom is 0.363 e. The van der Waals surface area contributed by atoms with Gasteiger partial charge in [-0.2, -0.15) is 0 Å². The van der Waals surface area contributed by atoms with Crippen molar-refractivity contribution in [3.63, 3.8) is 0 Å². The predicted octanol–water partition coefficient (Wildman–Crippen LogP) is 3.41. The molecule has 0 radical (unpaired) electrons. The lowest BCUT2D eigenvalue weighted by atomic mass is 10.1. The molecule has 0 N–H and O–H groups in total. The minimum atomic E-state index is -0.454. The average molecular weight is 289 g/mol. The van der Waals surface area contributed by atoms with Crippen molar-refractivity contribution in [1.82, 2.24) is 4.98 Å². The van der Waals surface area contributed by atoms with Crippen molar-refractivity contribution in [2.24, 2.45) is 0 Å². The van der Waals surface area contributed by atoms with Gasteiger partial charge in [-0.3, -0.25) is 0 Å². The van der Waals surface area contributed by atoms with E-state index in [9.17, 15) is 4.79 Å². The van der Waals surface area contributed by atoms with Gasteiger partial charge in [-0.1, -0.05) is 6.08 Å². The summed E-state index contributed by atoms with van der Waals surface area (Å²) in [6.45, 7) is 5.55. The number of hydrogen-bond donors (Lipinski definition) is 0. The maximum absolute atomic E-state index is 12.0. The lowest BCUT2D eigenvalue weighted by molar-refractivity contribution is 0.0727. The minimum absolute atomic E-state index is 0.327. The van der Waals surface area contributed by atoms with Crippen LogP contribution >= 0.6 is 11.3 Å². The Morgan fingerprint density at radius 2 is 2.30 bits per heavy atom. The molecule has 0 saturated heterocycles. The zero-order valence-electron chi connectivity index (χ0n) is 11.4. The molecule has 1 aromatic heterocycles. The maximum atomic E-state index is 12.0. The third-order valence-corrected chi connectivity index (χ3v) is 3.44. The van der Waals surface area contributed by atoms with E-state index in [4.69, 9.17) is 9.47 Å². The van der Waals surface area contributed by atoms with E-state index >= 15 is 0 Å². The largest absolute Gasteiger partial charge is 0.497 e. The molecule has 2 aromatic rings. The molecule has 1 aromatic carbocycles. The molecule has 0 aliphatic heterocycles. The number of hydrogen-bond acceptors (Lipinski definition) is 5. The molecule has 5 heteroatoms. The third-order valence-electron chi connectivity index (χ3n) is 2.66. The van der Waals surface area contributed by atoms with E-state index in [1.54, 1.807) is 30.7 Å². The summed E-state index contributed by atoms with van der Waals surface area (Å²) in [6, 6.07) is 5.30. The fraction of sp³-hybridized carbons (Fsp3) is 0.200. The van der Waals surface area contributed by atoms with E-state index in [-0.39, 0.29) is 0 Å².